The maximum atomic E-state index is 11.7. The van der Waals surface area contributed by atoms with Gasteiger partial charge in [0, 0.05) is 6.04 Å². The number of benzene rings is 1. The van der Waals surface area contributed by atoms with E-state index in [4.69, 9.17) is 4.74 Å². The van der Waals surface area contributed by atoms with Gasteiger partial charge in [-0.15, -0.1) is 0 Å². The molecular weight excluding hydrogens is 238 g/mol. The summed E-state index contributed by atoms with van der Waals surface area (Å²) in [5, 5.41) is 3.46. The molecule has 1 rings (SSSR count). The average molecular weight is 263 g/mol. The number of esters is 1. The molecule has 0 aliphatic heterocycles. The Labute approximate surface area is 116 Å². The maximum absolute atomic E-state index is 11.7. The molecule has 19 heavy (non-hydrogen) atoms. The largest absolute Gasteiger partial charge is 0.466 e. The molecule has 0 spiro atoms. The number of nitrogens with one attached hydrogen (secondary N) is 1. The lowest BCUT2D eigenvalue weighted by Crippen LogP contribution is -2.36. The van der Waals surface area contributed by atoms with Crippen LogP contribution in [-0.4, -0.2) is 25.2 Å². The van der Waals surface area contributed by atoms with Crippen LogP contribution in [0.1, 0.15) is 45.1 Å². The van der Waals surface area contributed by atoms with Gasteiger partial charge in [-0.2, -0.15) is 0 Å². The second-order valence-electron chi connectivity index (χ2n) is 4.77. The van der Waals surface area contributed by atoms with Gasteiger partial charge in [0.05, 0.1) is 13.0 Å². The minimum atomic E-state index is -0.126. The predicted molar refractivity (Wildman–Crippen MR) is 78.2 cm³/mol. The number of hydrogen-bond acceptors (Lipinski definition) is 3. The second-order valence-corrected chi connectivity index (χ2v) is 4.77. The molecule has 2 atom stereocenters. The summed E-state index contributed by atoms with van der Waals surface area (Å²) < 4.78 is 5.06. The normalized spacial score (nSPS) is 13.8. The molecule has 0 aromatic heterocycles. The first-order chi connectivity index (χ1) is 9.19. The fraction of sp³-hybridized carbons (Fsp3) is 0.562. The van der Waals surface area contributed by atoms with Gasteiger partial charge in [0.1, 0.15) is 0 Å². The van der Waals surface area contributed by atoms with E-state index in [1.807, 2.05) is 25.1 Å². The number of ether oxygens (including phenoxy) is 1. The van der Waals surface area contributed by atoms with Gasteiger partial charge >= 0.3 is 5.97 Å². The Morgan fingerprint density at radius 3 is 2.53 bits per heavy atom. The van der Waals surface area contributed by atoms with Crippen LogP contribution in [0.5, 0.6) is 0 Å². The second kappa shape index (κ2) is 8.70. The van der Waals surface area contributed by atoms with Crippen LogP contribution in [0, 0.1) is 0 Å². The van der Waals surface area contributed by atoms with Crippen LogP contribution in [0.3, 0.4) is 0 Å². The minimum Gasteiger partial charge on any atom is -0.466 e. The van der Waals surface area contributed by atoms with Gasteiger partial charge < -0.3 is 10.1 Å². The van der Waals surface area contributed by atoms with Crippen LogP contribution in [-0.2, 0) is 9.53 Å². The van der Waals surface area contributed by atoms with E-state index < -0.39 is 0 Å². The lowest BCUT2D eigenvalue weighted by Gasteiger charge is -2.25. The number of carbonyl (C=O) groups is 1. The van der Waals surface area contributed by atoms with Crippen LogP contribution >= 0.6 is 0 Å². The van der Waals surface area contributed by atoms with E-state index in [0.717, 1.165) is 13.0 Å². The Kier molecular flexibility index (Phi) is 7.19. The highest BCUT2D eigenvalue weighted by molar-refractivity contribution is 5.70. The fourth-order valence-electron chi connectivity index (χ4n) is 2.14. The molecule has 1 aromatic rings. The maximum Gasteiger partial charge on any atom is 0.307 e. The average Bonchev–Trinajstić information content (AvgIpc) is 2.44. The topological polar surface area (TPSA) is 38.3 Å². The van der Waals surface area contributed by atoms with Gasteiger partial charge in [-0.25, -0.2) is 0 Å². The minimum absolute atomic E-state index is 0.126. The van der Waals surface area contributed by atoms with Crippen LogP contribution < -0.4 is 5.32 Å². The van der Waals surface area contributed by atoms with E-state index >= 15 is 0 Å². The summed E-state index contributed by atoms with van der Waals surface area (Å²) in [5.41, 5.74) is 1.25. The Morgan fingerprint density at radius 1 is 1.26 bits per heavy atom. The SMILES string of the molecule is CCCNC(CC(=O)OCC)C(C)c1ccccc1. The molecule has 0 saturated carbocycles. The van der Waals surface area contributed by atoms with E-state index in [0.29, 0.717) is 13.0 Å². The first-order valence-corrected chi connectivity index (χ1v) is 7.13. The van der Waals surface area contributed by atoms with E-state index in [-0.39, 0.29) is 17.9 Å². The van der Waals surface area contributed by atoms with Crippen molar-refractivity contribution in [1.29, 1.82) is 0 Å². The van der Waals surface area contributed by atoms with E-state index in [1.165, 1.54) is 5.56 Å². The molecule has 1 aromatic carbocycles. The quantitative estimate of drug-likeness (QED) is 0.732. The van der Waals surface area contributed by atoms with Crippen molar-refractivity contribution < 1.29 is 9.53 Å². The first kappa shape index (κ1) is 15.7. The van der Waals surface area contributed by atoms with Crippen LogP contribution in [0.4, 0.5) is 0 Å². The molecule has 0 heterocycles. The number of rotatable bonds is 8. The molecule has 3 heteroatoms. The Morgan fingerprint density at radius 2 is 1.95 bits per heavy atom. The molecule has 106 valence electrons. The predicted octanol–water partition coefficient (Wildman–Crippen LogP) is 3.11. The van der Waals surface area contributed by atoms with Crippen molar-refractivity contribution in [2.75, 3.05) is 13.2 Å². The summed E-state index contributed by atoms with van der Waals surface area (Å²) in [6, 6.07) is 10.4. The van der Waals surface area contributed by atoms with Crippen LogP contribution in [0.2, 0.25) is 0 Å². The zero-order valence-electron chi connectivity index (χ0n) is 12.2. The van der Waals surface area contributed by atoms with Crippen molar-refractivity contribution in [1.82, 2.24) is 5.32 Å². The highest BCUT2D eigenvalue weighted by Crippen LogP contribution is 2.21. The van der Waals surface area contributed by atoms with Crippen LogP contribution in [0.15, 0.2) is 30.3 Å². The molecule has 3 nitrogen and oxygen atoms in total. The molecule has 0 amide bonds. The van der Waals surface area contributed by atoms with Gasteiger partial charge in [0.25, 0.3) is 0 Å². The van der Waals surface area contributed by atoms with Crippen molar-refractivity contribution >= 4 is 5.97 Å². The standard InChI is InChI=1S/C16H25NO2/c1-4-11-17-15(12-16(18)19-5-2)13(3)14-9-7-6-8-10-14/h6-10,13,15,17H,4-5,11-12H2,1-3H3. The Hall–Kier alpha value is -1.35. The lowest BCUT2D eigenvalue weighted by atomic mass is 9.91. The highest BCUT2D eigenvalue weighted by atomic mass is 16.5. The van der Waals surface area contributed by atoms with Gasteiger partial charge in [0.15, 0.2) is 0 Å². The summed E-state index contributed by atoms with van der Waals surface area (Å²) in [6.45, 7) is 7.48. The number of carbonyl (C=O) groups excluding carboxylic acids is 1. The van der Waals surface area contributed by atoms with E-state index in [1.54, 1.807) is 0 Å². The molecule has 0 saturated heterocycles. The van der Waals surface area contributed by atoms with Crippen LogP contribution in [0.25, 0.3) is 0 Å². The van der Waals surface area contributed by atoms with E-state index in [9.17, 15) is 4.79 Å². The highest BCUT2D eigenvalue weighted by Gasteiger charge is 2.21. The lowest BCUT2D eigenvalue weighted by molar-refractivity contribution is -0.143. The van der Waals surface area contributed by atoms with Crippen molar-refractivity contribution in [2.45, 2.75) is 45.6 Å². The summed E-state index contributed by atoms with van der Waals surface area (Å²) >= 11 is 0. The zero-order valence-corrected chi connectivity index (χ0v) is 12.2. The monoisotopic (exact) mass is 263 g/mol. The Balaban J connectivity index is 2.69. The van der Waals surface area contributed by atoms with Crippen molar-refractivity contribution in [3.63, 3.8) is 0 Å². The summed E-state index contributed by atoms with van der Waals surface area (Å²) in [4.78, 5) is 11.7. The zero-order chi connectivity index (χ0) is 14.1. The molecule has 0 aliphatic carbocycles. The molecule has 0 fully saturated rings. The summed E-state index contributed by atoms with van der Waals surface area (Å²) in [6.07, 6.45) is 1.48. The fourth-order valence-corrected chi connectivity index (χ4v) is 2.14. The van der Waals surface area contributed by atoms with E-state index in [2.05, 4.69) is 31.3 Å². The molecule has 1 N–H and O–H groups in total. The molecular formula is C16H25NO2. The Bertz CT molecular complexity index is 364. The van der Waals surface area contributed by atoms with Crippen molar-refractivity contribution in [2.24, 2.45) is 0 Å². The first-order valence-electron chi connectivity index (χ1n) is 7.13. The third kappa shape index (κ3) is 5.43. The summed E-state index contributed by atoms with van der Waals surface area (Å²) in [5.74, 6) is 0.163. The smallest absolute Gasteiger partial charge is 0.307 e. The molecule has 2 unspecified atom stereocenters. The number of hydrogen-bond donors (Lipinski definition) is 1. The van der Waals surface area contributed by atoms with Crippen molar-refractivity contribution in [3.05, 3.63) is 35.9 Å². The molecule has 0 bridgehead atoms. The van der Waals surface area contributed by atoms with Gasteiger partial charge in [-0.1, -0.05) is 44.2 Å². The molecule has 0 radical (unpaired) electrons. The third-order valence-electron chi connectivity index (χ3n) is 3.28. The van der Waals surface area contributed by atoms with Crippen molar-refractivity contribution in [3.8, 4) is 0 Å². The van der Waals surface area contributed by atoms with Gasteiger partial charge in [0.2, 0.25) is 0 Å². The third-order valence-corrected chi connectivity index (χ3v) is 3.28. The van der Waals surface area contributed by atoms with Gasteiger partial charge in [-0.3, -0.25) is 4.79 Å². The summed E-state index contributed by atoms with van der Waals surface area (Å²) in [7, 11) is 0. The molecule has 0 aliphatic rings. The van der Waals surface area contributed by atoms with Gasteiger partial charge in [-0.05, 0) is 31.4 Å².